The summed E-state index contributed by atoms with van der Waals surface area (Å²) in [7, 11) is 0. The third-order valence-electron chi connectivity index (χ3n) is 2.69. The number of amides is 1. The molecular formula is C13H25NO3S. The van der Waals surface area contributed by atoms with Gasteiger partial charge in [-0.05, 0) is 32.9 Å². The van der Waals surface area contributed by atoms with Gasteiger partial charge in [-0.3, -0.25) is 9.59 Å². The first-order valence-electron chi connectivity index (χ1n) is 6.54. The smallest absolute Gasteiger partial charge is 0.305 e. The lowest BCUT2D eigenvalue weighted by molar-refractivity contribution is -0.138. The maximum absolute atomic E-state index is 12.2. The molecule has 1 amide bonds. The summed E-state index contributed by atoms with van der Waals surface area (Å²) in [6.45, 7) is 8.16. The monoisotopic (exact) mass is 275 g/mol. The number of carboxylic acid groups (broad SMARTS) is 1. The highest BCUT2D eigenvalue weighted by Crippen LogP contribution is 2.17. The number of rotatable bonds is 9. The Bertz CT molecular complexity index is 269. The molecule has 0 bridgehead atoms. The van der Waals surface area contributed by atoms with Crippen LogP contribution < -0.4 is 0 Å². The number of thioether (sulfide) groups is 1. The van der Waals surface area contributed by atoms with E-state index in [1.54, 1.807) is 16.7 Å². The number of carboxylic acids is 1. The van der Waals surface area contributed by atoms with Crippen molar-refractivity contribution >= 4 is 23.6 Å². The highest BCUT2D eigenvalue weighted by molar-refractivity contribution is 8.00. The molecule has 0 saturated carbocycles. The second kappa shape index (κ2) is 9.25. The lowest BCUT2D eigenvalue weighted by Crippen LogP contribution is -2.42. The molecule has 0 rings (SSSR count). The van der Waals surface area contributed by atoms with Gasteiger partial charge in [0.1, 0.15) is 0 Å². The van der Waals surface area contributed by atoms with Gasteiger partial charge in [0.2, 0.25) is 5.91 Å². The van der Waals surface area contributed by atoms with Crippen molar-refractivity contribution in [2.24, 2.45) is 0 Å². The first kappa shape index (κ1) is 17.3. The molecule has 0 heterocycles. The average Bonchev–Trinajstić information content (AvgIpc) is 2.28. The fourth-order valence-corrected chi connectivity index (χ4v) is 2.64. The number of carbonyl (C=O) groups is 2. The van der Waals surface area contributed by atoms with Gasteiger partial charge in [0.05, 0.1) is 11.7 Å². The number of hydrogen-bond acceptors (Lipinski definition) is 3. The molecule has 106 valence electrons. The summed E-state index contributed by atoms with van der Waals surface area (Å²) in [5, 5.41) is 8.60. The number of aliphatic carboxylic acids is 1. The number of carbonyl (C=O) groups excluding carboxylic acids is 1. The van der Waals surface area contributed by atoms with Gasteiger partial charge < -0.3 is 10.0 Å². The fraction of sp³-hybridized carbons (Fsp3) is 0.846. The van der Waals surface area contributed by atoms with E-state index < -0.39 is 5.97 Å². The van der Waals surface area contributed by atoms with E-state index in [4.69, 9.17) is 5.11 Å². The Labute approximate surface area is 114 Å². The Morgan fingerprint density at radius 3 is 2.33 bits per heavy atom. The lowest BCUT2D eigenvalue weighted by Gasteiger charge is -2.28. The molecule has 0 fully saturated rings. The van der Waals surface area contributed by atoms with Crippen molar-refractivity contribution in [2.75, 3.05) is 12.3 Å². The Morgan fingerprint density at radius 1 is 1.28 bits per heavy atom. The second-order valence-corrected chi connectivity index (χ2v) is 6.08. The first-order chi connectivity index (χ1) is 8.40. The maximum Gasteiger partial charge on any atom is 0.305 e. The molecule has 18 heavy (non-hydrogen) atoms. The minimum Gasteiger partial charge on any atom is -0.481 e. The van der Waals surface area contributed by atoms with Crippen LogP contribution in [0.3, 0.4) is 0 Å². The van der Waals surface area contributed by atoms with Gasteiger partial charge >= 0.3 is 5.97 Å². The summed E-state index contributed by atoms with van der Waals surface area (Å²) in [5.41, 5.74) is 0. The van der Waals surface area contributed by atoms with Gasteiger partial charge in [-0.25, -0.2) is 0 Å². The molecule has 0 saturated heterocycles. The van der Waals surface area contributed by atoms with Gasteiger partial charge in [-0.15, -0.1) is 11.8 Å². The van der Waals surface area contributed by atoms with Crippen LogP contribution in [0.5, 0.6) is 0 Å². The molecule has 0 spiro atoms. The minimum atomic E-state index is -0.861. The Kier molecular flexibility index (Phi) is 8.89. The summed E-state index contributed by atoms with van der Waals surface area (Å²) >= 11 is 1.65. The van der Waals surface area contributed by atoms with E-state index >= 15 is 0 Å². The van der Waals surface area contributed by atoms with Crippen molar-refractivity contribution in [3.8, 4) is 0 Å². The Balaban J connectivity index is 4.31. The predicted octanol–water partition coefficient (Wildman–Crippen LogP) is 2.62. The van der Waals surface area contributed by atoms with E-state index in [2.05, 4.69) is 6.92 Å². The molecule has 0 aromatic carbocycles. The topological polar surface area (TPSA) is 57.6 Å². The van der Waals surface area contributed by atoms with E-state index in [0.717, 1.165) is 18.6 Å². The number of hydrogen-bond donors (Lipinski definition) is 1. The van der Waals surface area contributed by atoms with E-state index in [9.17, 15) is 9.59 Å². The molecule has 4 nitrogen and oxygen atoms in total. The van der Waals surface area contributed by atoms with E-state index in [1.807, 2.05) is 20.8 Å². The number of unbranched alkanes of at least 4 members (excludes halogenated alkanes) is 1. The van der Waals surface area contributed by atoms with Crippen LogP contribution in [0.4, 0.5) is 0 Å². The van der Waals surface area contributed by atoms with Crippen LogP contribution >= 0.6 is 11.8 Å². The largest absolute Gasteiger partial charge is 0.481 e. The highest BCUT2D eigenvalue weighted by atomic mass is 32.2. The van der Waals surface area contributed by atoms with Crippen LogP contribution in [0.15, 0.2) is 0 Å². The van der Waals surface area contributed by atoms with E-state index in [0.29, 0.717) is 6.54 Å². The van der Waals surface area contributed by atoms with Crippen molar-refractivity contribution in [2.45, 2.75) is 58.2 Å². The molecule has 1 N–H and O–H groups in total. The Morgan fingerprint density at radius 2 is 1.89 bits per heavy atom. The fourth-order valence-electron chi connectivity index (χ4n) is 1.55. The lowest BCUT2D eigenvalue weighted by atomic mass is 10.2. The zero-order chi connectivity index (χ0) is 14.1. The molecule has 1 atom stereocenters. The Hall–Kier alpha value is -0.710. The molecule has 0 aliphatic carbocycles. The van der Waals surface area contributed by atoms with Gasteiger partial charge in [-0.1, -0.05) is 13.3 Å². The molecule has 5 heteroatoms. The standard InChI is InChI=1S/C13H25NO3S/c1-5-6-9-18-11(4)13(17)14(10(2)3)8-7-12(15)16/h10-11H,5-9H2,1-4H3,(H,15,16). The maximum atomic E-state index is 12.2. The van der Waals surface area contributed by atoms with E-state index in [-0.39, 0.29) is 23.6 Å². The van der Waals surface area contributed by atoms with Crippen molar-refractivity contribution in [1.82, 2.24) is 4.90 Å². The van der Waals surface area contributed by atoms with Crippen molar-refractivity contribution in [3.63, 3.8) is 0 Å². The number of nitrogens with zero attached hydrogens (tertiary/aromatic N) is 1. The molecule has 0 aliphatic heterocycles. The zero-order valence-corrected chi connectivity index (χ0v) is 12.6. The molecule has 0 aromatic rings. The average molecular weight is 275 g/mol. The summed E-state index contributed by atoms with van der Waals surface area (Å²) in [4.78, 5) is 24.5. The zero-order valence-electron chi connectivity index (χ0n) is 11.8. The molecule has 0 aromatic heterocycles. The quantitative estimate of drug-likeness (QED) is 0.657. The summed E-state index contributed by atoms with van der Waals surface area (Å²) in [5.74, 6) is 0.168. The first-order valence-corrected chi connectivity index (χ1v) is 7.58. The van der Waals surface area contributed by atoms with Crippen LogP contribution in [0, 0.1) is 0 Å². The minimum absolute atomic E-state index is 0.0102. The van der Waals surface area contributed by atoms with Gasteiger partial charge in [0, 0.05) is 12.6 Å². The molecule has 0 radical (unpaired) electrons. The molecule has 1 unspecified atom stereocenters. The normalized spacial score (nSPS) is 12.5. The highest BCUT2D eigenvalue weighted by Gasteiger charge is 2.23. The van der Waals surface area contributed by atoms with Crippen molar-refractivity contribution < 1.29 is 14.7 Å². The van der Waals surface area contributed by atoms with Gasteiger partial charge in [0.25, 0.3) is 0 Å². The van der Waals surface area contributed by atoms with Crippen LogP contribution in [0.1, 0.15) is 47.0 Å². The van der Waals surface area contributed by atoms with Crippen molar-refractivity contribution in [1.29, 1.82) is 0 Å². The third kappa shape index (κ3) is 6.89. The summed E-state index contributed by atoms with van der Waals surface area (Å²) in [6, 6.07) is 0.0473. The molecular weight excluding hydrogens is 250 g/mol. The van der Waals surface area contributed by atoms with Crippen LogP contribution in [-0.4, -0.2) is 45.5 Å². The SMILES string of the molecule is CCCCSC(C)C(=O)N(CCC(=O)O)C(C)C. The van der Waals surface area contributed by atoms with Crippen LogP contribution in [0.2, 0.25) is 0 Å². The summed E-state index contributed by atoms with van der Waals surface area (Å²) < 4.78 is 0. The second-order valence-electron chi connectivity index (χ2n) is 4.64. The van der Waals surface area contributed by atoms with Gasteiger partial charge in [0.15, 0.2) is 0 Å². The summed E-state index contributed by atoms with van der Waals surface area (Å²) in [6.07, 6.45) is 2.25. The van der Waals surface area contributed by atoms with Crippen LogP contribution in [0.25, 0.3) is 0 Å². The van der Waals surface area contributed by atoms with Gasteiger partial charge in [-0.2, -0.15) is 0 Å². The van der Waals surface area contributed by atoms with Crippen LogP contribution in [-0.2, 0) is 9.59 Å². The van der Waals surface area contributed by atoms with Crippen molar-refractivity contribution in [3.05, 3.63) is 0 Å². The third-order valence-corrected chi connectivity index (χ3v) is 3.91. The predicted molar refractivity (Wildman–Crippen MR) is 75.9 cm³/mol. The molecule has 0 aliphatic rings. The van der Waals surface area contributed by atoms with E-state index in [1.165, 1.54) is 0 Å².